The molecule has 4 nitrogen and oxygen atoms in total. The van der Waals surface area contributed by atoms with Crippen LogP contribution in [0.15, 0.2) is 12.3 Å². The lowest BCUT2D eigenvalue weighted by Gasteiger charge is -2.45. The second-order valence-corrected chi connectivity index (χ2v) is 5.67. The summed E-state index contributed by atoms with van der Waals surface area (Å²) < 4.78 is 0. The molecule has 0 aromatic rings. The fraction of sp³-hybridized carbons (Fsp3) is 0.786. The minimum Gasteiger partial charge on any atom is -0.341 e. The number of hydrogen-bond donors (Lipinski definition) is 1. The number of piperidine rings is 1. The van der Waals surface area contributed by atoms with Crippen LogP contribution in [0.1, 0.15) is 53.4 Å². The van der Waals surface area contributed by atoms with E-state index in [0.29, 0.717) is 6.04 Å². The Balaban J connectivity index is 2.59. The Morgan fingerprint density at radius 2 is 2.28 bits per heavy atom. The van der Waals surface area contributed by atoms with Gasteiger partial charge >= 0.3 is 5.97 Å². The van der Waals surface area contributed by atoms with Crippen molar-refractivity contribution in [2.45, 2.75) is 65.0 Å². The van der Waals surface area contributed by atoms with Crippen molar-refractivity contribution in [3.63, 3.8) is 0 Å². The lowest BCUT2D eigenvalue weighted by molar-refractivity contribution is -0.208. The minimum atomic E-state index is -0.290. The topological polar surface area (TPSA) is 41.6 Å². The van der Waals surface area contributed by atoms with E-state index in [-0.39, 0.29) is 11.5 Å². The van der Waals surface area contributed by atoms with E-state index in [9.17, 15) is 4.79 Å². The zero-order chi connectivity index (χ0) is 13.8. The average molecular weight is 254 g/mol. The minimum absolute atomic E-state index is 0.203. The molecule has 1 aliphatic rings. The maximum absolute atomic E-state index is 11.1. The van der Waals surface area contributed by atoms with Crippen LogP contribution in [0.5, 0.6) is 0 Å². The number of rotatable bonds is 5. The Morgan fingerprint density at radius 1 is 1.61 bits per heavy atom. The summed E-state index contributed by atoms with van der Waals surface area (Å²) >= 11 is 0. The molecule has 1 N–H and O–H groups in total. The van der Waals surface area contributed by atoms with Gasteiger partial charge < -0.3 is 10.2 Å². The van der Waals surface area contributed by atoms with E-state index in [4.69, 9.17) is 4.84 Å². The fourth-order valence-electron chi connectivity index (χ4n) is 2.50. The molecule has 0 aliphatic carbocycles. The van der Waals surface area contributed by atoms with Crippen molar-refractivity contribution in [2.75, 3.05) is 6.54 Å². The molecule has 1 fully saturated rings. The van der Waals surface area contributed by atoms with Crippen molar-refractivity contribution in [1.82, 2.24) is 10.4 Å². The highest BCUT2D eigenvalue weighted by atomic mass is 16.7. The summed E-state index contributed by atoms with van der Waals surface area (Å²) in [5, 5.41) is 5.23. The van der Waals surface area contributed by atoms with Crippen LogP contribution in [-0.4, -0.2) is 29.2 Å². The van der Waals surface area contributed by atoms with E-state index in [1.807, 2.05) is 0 Å². The van der Waals surface area contributed by atoms with E-state index in [1.165, 1.54) is 19.8 Å². The Hall–Kier alpha value is -1.03. The molecule has 0 amide bonds. The molecule has 18 heavy (non-hydrogen) atoms. The summed E-state index contributed by atoms with van der Waals surface area (Å²) in [4.78, 5) is 16.4. The quantitative estimate of drug-likeness (QED) is 0.766. The number of nitrogens with zero attached hydrogens (tertiary/aromatic N) is 1. The van der Waals surface area contributed by atoms with Crippen LogP contribution in [0, 0.1) is 0 Å². The molecule has 0 spiro atoms. The number of hydroxylamine groups is 2. The molecule has 0 radical (unpaired) electrons. The first-order valence-corrected chi connectivity index (χ1v) is 6.76. The van der Waals surface area contributed by atoms with Crippen molar-refractivity contribution in [2.24, 2.45) is 0 Å². The largest absolute Gasteiger partial charge is 0.341 e. The Morgan fingerprint density at radius 3 is 2.78 bits per heavy atom. The van der Waals surface area contributed by atoms with E-state index in [2.05, 4.69) is 32.7 Å². The second-order valence-electron chi connectivity index (χ2n) is 5.67. The molecule has 4 heteroatoms. The van der Waals surface area contributed by atoms with Crippen molar-refractivity contribution in [3.8, 4) is 0 Å². The van der Waals surface area contributed by atoms with Crippen LogP contribution in [0.2, 0.25) is 0 Å². The molecule has 1 unspecified atom stereocenters. The van der Waals surface area contributed by atoms with Gasteiger partial charge in [0.25, 0.3) is 0 Å². The van der Waals surface area contributed by atoms with Gasteiger partial charge in [-0.15, -0.1) is 0 Å². The molecule has 1 aliphatic heterocycles. The first-order chi connectivity index (χ1) is 8.36. The number of carbonyl (C=O) groups is 1. The van der Waals surface area contributed by atoms with Gasteiger partial charge in [0.2, 0.25) is 0 Å². The van der Waals surface area contributed by atoms with Gasteiger partial charge in [-0.2, -0.15) is 0 Å². The smallest absolute Gasteiger partial charge is 0.329 e. The van der Waals surface area contributed by atoms with Crippen LogP contribution < -0.4 is 5.32 Å². The molecule has 1 rings (SSSR count). The average Bonchev–Trinajstić information content (AvgIpc) is 2.23. The number of hydrogen-bond acceptors (Lipinski definition) is 4. The number of nitrogens with one attached hydrogen (secondary N) is 1. The molecule has 0 bridgehead atoms. The van der Waals surface area contributed by atoms with Crippen LogP contribution in [0.4, 0.5) is 0 Å². The highest BCUT2D eigenvalue weighted by Crippen LogP contribution is 2.33. The summed E-state index contributed by atoms with van der Waals surface area (Å²) in [6.07, 6.45) is 4.17. The van der Waals surface area contributed by atoms with Gasteiger partial charge in [0.1, 0.15) is 0 Å². The lowest BCUT2D eigenvalue weighted by Crippen LogP contribution is -2.53. The third-order valence-electron chi connectivity index (χ3n) is 3.25. The maximum Gasteiger partial charge on any atom is 0.329 e. The van der Waals surface area contributed by atoms with Crippen LogP contribution >= 0.6 is 0 Å². The Kier molecular flexibility index (Phi) is 5.20. The summed E-state index contributed by atoms with van der Waals surface area (Å²) in [5.74, 6) is -0.290. The fourth-order valence-corrected chi connectivity index (χ4v) is 2.50. The van der Waals surface area contributed by atoms with Gasteiger partial charge in [0.05, 0.1) is 5.54 Å². The predicted octanol–water partition coefficient (Wildman–Crippen LogP) is 2.61. The van der Waals surface area contributed by atoms with E-state index < -0.39 is 0 Å². The van der Waals surface area contributed by atoms with Gasteiger partial charge in [-0.1, -0.05) is 19.9 Å². The molecule has 0 aromatic carbocycles. The standard InChI is InChI=1S/C14H26N2O2/c1-6-7-8-15-13-9-11(2)16(18-12(3)17)14(4,5)10-13/h13,15H,2,6-10H2,1,3-5H3. The van der Waals surface area contributed by atoms with E-state index in [1.54, 1.807) is 5.06 Å². The maximum atomic E-state index is 11.1. The summed E-state index contributed by atoms with van der Waals surface area (Å²) in [6.45, 7) is 12.8. The first kappa shape index (κ1) is 15.0. The summed E-state index contributed by atoms with van der Waals surface area (Å²) in [6, 6.07) is 0.422. The normalized spacial score (nSPS) is 23.0. The third kappa shape index (κ3) is 4.02. The van der Waals surface area contributed by atoms with Crippen molar-refractivity contribution < 1.29 is 9.63 Å². The molecular formula is C14H26N2O2. The van der Waals surface area contributed by atoms with Crippen molar-refractivity contribution in [3.05, 3.63) is 12.3 Å². The van der Waals surface area contributed by atoms with E-state index in [0.717, 1.165) is 25.1 Å². The van der Waals surface area contributed by atoms with Gasteiger partial charge in [-0.05, 0) is 33.2 Å². The molecule has 1 atom stereocenters. The van der Waals surface area contributed by atoms with Crippen molar-refractivity contribution in [1.29, 1.82) is 0 Å². The SMILES string of the molecule is C=C1CC(NCCCC)CC(C)(C)N1OC(C)=O. The summed E-state index contributed by atoms with van der Waals surface area (Å²) in [5.41, 5.74) is 0.667. The molecule has 0 aromatic heterocycles. The first-order valence-electron chi connectivity index (χ1n) is 6.76. The van der Waals surface area contributed by atoms with Gasteiger partial charge in [-0.25, -0.2) is 5.06 Å². The zero-order valence-corrected chi connectivity index (χ0v) is 12.1. The number of carbonyl (C=O) groups excluding carboxylic acids is 1. The van der Waals surface area contributed by atoms with Crippen LogP contribution in [-0.2, 0) is 9.63 Å². The highest BCUT2D eigenvalue weighted by molar-refractivity contribution is 5.65. The Bertz CT molecular complexity index is 313. The summed E-state index contributed by atoms with van der Waals surface area (Å²) in [7, 11) is 0. The molecular weight excluding hydrogens is 228 g/mol. The lowest BCUT2D eigenvalue weighted by atomic mass is 9.87. The Labute approximate surface area is 110 Å². The number of unbranched alkanes of at least 4 members (excludes halogenated alkanes) is 1. The monoisotopic (exact) mass is 254 g/mol. The van der Waals surface area contributed by atoms with Gasteiger partial charge in [-0.3, -0.25) is 4.79 Å². The molecule has 1 saturated heterocycles. The van der Waals surface area contributed by atoms with Gasteiger partial charge in [0, 0.05) is 25.1 Å². The third-order valence-corrected chi connectivity index (χ3v) is 3.25. The van der Waals surface area contributed by atoms with Crippen LogP contribution in [0.25, 0.3) is 0 Å². The predicted molar refractivity (Wildman–Crippen MR) is 72.8 cm³/mol. The van der Waals surface area contributed by atoms with E-state index >= 15 is 0 Å². The van der Waals surface area contributed by atoms with Crippen LogP contribution in [0.3, 0.4) is 0 Å². The second kappa shape index (κ2) is 6.23. The highest BCUT2D eigenvalue weighted by Gasteiger charge is 2.38. The zero-order valence-electron chi connectivity index (χ0n) is 12.1. The molecule has 1 heterocycles. The molecule has 104 valence electrons. The van der Waals surface area contributed by atoms with Crippen molar-refractivity contribution >= 4 is 5.97 Å². The molecule has 0 saturated carbocycles. The van der Waals surface area contributed by atoms with Gasteiger partial charge in [0.15, 0.2) is 0 Å².